The lowest BCUT2D eigenvalue weighted by Crippen LogP contribution is -2.50. The third-order valence-corrected chi connectivity index (χ3v) is 4.51. The molecule has 0 unspecified atom stereocenters. The van der Waals surface area contributed by atoms with Gasteiger partial charge in [-0.1, -0.05) is 12.1 Å². The van der Waals surface area contributed by atoms with E-state index in [4.69, 9.17) is 4.74 Å². The van der Waals surface area contributed by atoms with E-state index in [1.165, 1.54) is 7.11 Å². The highest BCUT2D eigenvalue weighted by Gasteiger charge is 2.35. The summed E-state index contributed by atoms with van der Waals surface area (Å²) in [5.74, 6) is 0.249. The molecule has 2 amide bonds. The maximum absolute atomic E-state index is 12.8. The van der Waals surface area contributed by atoms with Gasteiger partial charge in [-0.2, -0.15) is 0 Å². The third-order valence-electron chi connectivity index (χ3n) is 4.51. The molecule has 2 atom stereocenters. The van der Waals surface area contributed by atoms with Crippen LogP contribution < -0.4 is 10.1 Å². The van der Waals surface area contributed by atoms with Gasteiger partial charge in [0.15, 0.2) is 0 Å². The summed E-state index contributed by atoms with van der Waals surface area (Å²) in [7, 11) is 2.90. The summed E-state index contributed by atoms with van der Waals surface area (Å²) < 4.78 is 9.89. The van der Waals surface area contributed by atoms with Crippen molar-refractivity contribution in [1.82, 2.24) is 20.2 Å². The topological polar surface area (TPSA) is 96.6 Å². The maximum Gasteiger partial charge on any atom is 0.328 e. The average Bonchev–Trinajstić information content (AvgIpc) is 3.15. The number of urea groups is 1. The Morgan fingerprint density at radius 1 is 1.31 bits per heavy atom. The van der Waals surface area contributed by atoms with Crippen LogP contribution in [0, 0.1) is 0 Å². The van der Waals surface area contributed by atoms with E-state index in [2.05, 4.69) is 20.0 Å². The Bertz CT molecular complexity index is 787. The predicted molar refractivity (Wildman–Crippen MR) is 93.8 cm³/mol. The summed E-state index contributed by atoms with van der Waals surface area (Å²) in [4.78, 5) is 33.7. The maximum atomic E-state index is 12.8. The van der Waals surface area contributed by atoms with E-state index < -0.39 is 12.0 Å². The van der Waals surface area contributed by atoms with Crippen molar-refractivity contribution in [1.29, 1.82) is 0 Å². The van der Waals surface area contributed by atoms with Crippen molar-refractivity contribution < 1.29 is 19.1 Å². The van der Waals surface area contributed by atoms with Crippen molar-refractivity contribution in [2.24, 2.45) is 0 Å². The van der Waals surface area contributed by atoms with Crippen LogP contribution in [0.15, 0.2) is 30.6 Å². The monoisotopic (exact) mass is 358 g/mol. The molecule has 2 aromatic rings. The van der Waals surface area contributed by atoms with E-state index in [0.29, 0.717) is 13.0 Å². The zero-order valence-corrected chi connectivity index (χ0v) is 15.0. The molecule has 2 heterocycles. The van der Waals surface area contributed by atoms with Crippen LogP contribution in [-0.2, 0) is 16.0 Å². The molecule has 1 aromatic heterocycles. The van der Waals surface area contributed by atoms with Gasteiger partial charge in [0.05, 0.1) is 26.2 Å². The second-order valence-electron chi connectivity index (χ2n) is 6.08. The minimum Gasteiger partial charge on any atom is -0.497 e. The Morgan fingerprint density at radius 2 is 2.04 bits per heavy atom. The van der Waals surface area contributed by atoms with Gasteiger partial charge in [-0.15, -0.1) is 0 Å². The van der Waals surface area contributed by atoms with Crippen LogP contribution in [0.1, 0.15) is 29.9 Å². The lowest BCUT2D eigenvalue weighted by atomic mass is 9.96. The zero-order valence-electron chi connectivity index (χ0n) is 15.0. The van der Waals surface area contributed by atoms with Crippen molar-refractivity contribution >= 4 is 12.0 Å². The van der Waals surface area contributed by atoms with Crippen LogP contribution >= 0.6 is 0 Å². The second kappa shape index (κ2) is 7.47. The quantitative estimate of drug-likeness (QED) is 0.810. The number of aromatic amines is 1. The molecule has 8 nitrogen and oxygen atoms in total. The molecule has 0 saturated carbocycles. The lowest BCUT2D eigenvalue weighted by molar-refractivity contribution is -0.142. The smallest absolute Gasteiger partial charge is 0.328 e. The highest BCUT2D eigenvalue weighted by molar-refractivity contribution is 5.83. The Kier molecular flexibility index (Phi) is 5.11. The van der Waals surface area contributed by atoms with Gasteiger partial charge < -0.3 is 24.7 Å². The molecule has 0 saturated heterocycles. The number of benzene rings is 1. The highest BCUT2D eigenvalue weighted by atomic mass is 16.5. The van der Waals surface area contributed by atoms with E-state index >= 15 is 0 Å². The standard InChI is InChI=1S/C18H22N4O4/c1-11(17(23)26-3)21-18(24)22-9-8-14-15(20-10-19-14)16(22)12-4-6-13(25-2)7-5-12/h4-7,10-11,16H,8-9H2,1-3H3,(H,19,20)(H,21,24)/t11-,16-/m1/s1. The fourth-order valence-corrected chi connectivity index (χ4v) is 3.12. The number of ether oxygens (including phenoxy) is 2. The summed E-state index contributed by atoms with van der Waals surface area (Å²) in [6.07, 6.45) is 2.31. The molecule has 0 aliphatic carbocycles. The number of nitrogens with one attached hydrogen (secondary N) is 2. The van der Waals surface area contributed by atoms with Gasteiger partial charge in [0.1, 0.15) is 17.8 Å². The Balaban J connectivity index is 1.90. The number of methoxy groups -OCH3 is 2. The van der Waals surface area contributed by atoms with E-state index in [-0.39, 0.29) is 12.1 Å². The molecule has 1 aliphatic heterocycles. The number of H-pyrrole nitrogens is 1. The van der Waals surface area contributed by atoms with Gasteiger partial charge in [-0.25, -0.2) is 14.6 Å². The summed E-state index contributed by atoms with van der Waals surface area (Å²) in [6, 6.07) is 6.12. The molecule has 8 heteroatoms. The minimum absolute atomic E-state index is 0.336. The van der Waals surface area contributed by atoms with Gasteiger partial charge in [-0.3, -0.25) is 0 Å². The number of esters is 1. The molecule has 2 N–H and O–H groups in total. The molecule has 0 spiro atoms. The highest BCUT2D eigenvalue weighted by Crippen LogP contribution is 2.34. The van der Waals surface area contributed by atoms with Gasteiger partial charge in [0.25, 0.3) is 0 Å². The summed E-state index contributed by atoms with van der Waals surface area (Å²) in [5.41, 5.74) is 2.73. The number of rotatable bonds is 4. The molecular weight excluding hydrogens is 336 g/mol. The van der Waals surface area contributed by atoms with E-state index in [9.17, 15) is 9.59 Å². The number of carbonyl (C=O) groups is 2. The number of aromatic nitrogens is 2. The van der Waals surface area contributed by atoms with Crippen molar-refractivity contribution in [2.45, 2.75) is 25.4 Å². The van der Waals surface area contributed by atoms with Crippen molar-refractivity contribution in [2.75, 3.05) is 20.8 Å². The summed E-state index contributed by atoms with van der Waals surface area (Å²) in [6.45, 7) is 2.10. The SMILES string of the molecule is COC(=O)[C@@H](C)NC(=O)N1CCc2[nH]cnc2[C@H]1c1ccc(OC)cc1. The summed E-state index contributed by atoms with van der Waals surface area (Å²) >= 11 is 0. The number of hydrogen-bond acceptors (Lipinski definition) is 5. The first-order valence-electron chi connectivity index (χ1n) is 8.36. The zero-order chi connectivity index (χ0) is 18.7. The molecule has 0 radical (unpaired) electrons. The largest absolute Gasteiger partial charge is 0.497 e. The van der Waals surface area contributed by atoms with E-state index in [1.807, 2.05) is 24.3 Å². The van der Waals surface area contributed by atoms with Crippen molar-refractivity contribution in [3.8, 4) is 5.75 Å². The van der Waals surface area contributed by atoms with Gasteiger partial charge in [0.2, 0.25) is 0 Å². The number of nitrogens with zero attached hydrogens (tertiary/aromatic N) is 2. The molecule has 138 valence electrons. The fraction of sp³-hybridized carbons (Fsp3) is 0.389. The molecule has 1 aromatic carbocycles. The second-order valence-corrected chi connectivity index (χ2v) is 6.08. The first-order valence-corrected chi connectivity index (χ1v) is 8.36. The Labute approximate surface area is 151 Å². The van der Waals surface area contributed by atoms with E-state index in [0.717, 1.165) is 22.7 Å². The van der Waals surface area contributed by atoms with Gasteiger partial charge in [-0.05, 0) is 24.6 Å². The predicted octanol–water partition coefficient (Wildman–Crippen LogP) is 1.64. The van der Waals surface area contributed by atoms with Crippen LogP contribution in [0.25, 0.3) is 0 Å². The van der Waals surface area contributed by atoms with Crippen LogP contribution in [0.5, 0.6) is 5.75 Å². The van der Waals surface area contributed by atoms with Gasteiger partial charge in [0, 0.05) is 18.7 Å². The number of carbonyl (C=O) groups excluding carboxylic acids is 2. The van der Waals surface area contributed by atoms with Crippen LogP contribution in [0.4, 0.5) is 4.79 Å². The van der Waals surface area contributed by atoms with Crippen LogP contribution in [-0.4, -0.2) is 53.7 Å². The van der Waals surface area contributed by atoms with E-state index in [1.54, 1.807) is 25.3 Å². The van der Waals surface area contributed by atoms with Crippen molar-refractivity contribution in [3.05, 3.63) is 47.5 Å². The molecule has 26 heavy (non-hydrogen) atoms. The molecule has 0 bridgehead atoms. The minimum atomic E-state index is -0.732. The Hall–Kier alpha value is -3.03. The number of amides is 2. The number of fused-ring (bicyclic) bond motifs is 1. The Morgan fingerprint density at radius 3 is 2.69 bits per heavy atom. The number of imidazole rings is 1. The molecule has 1 aliphatic rings. The molecular formula is C18H22N4O4. The van der Waals surface area contributed by atoms with Gasteiger partial charge >= 0.3 is 12.0 Å². The van der Waals surface area contributed by atoms with Crippen molar-refractivity contribution in [3.63, 3.8) is 0 Å². The summed E-state index contributed by atoms with van der Waals surface area (Å²) in [5, 5.41) is 2.70. The average molecular weight is 358 g/mol. The first kappa shape index (κ1) is 17.8. The fourth-order valence-electron chi connectivity index (χ4n) is 3.12. The third kappa shape index (κ3) is 3.35. The lowest BCUT2D eigenvalue weighted by Gasteiger charge is -2.35. The first-order chi connectivity index (χ1) is 12.5. The van der Waals surface area contributed by atoms with Crippen LogP contribution in [0.3, 0.4) is 0 Å². The molecule has 3 rings (SSSR count). The normalized spacial score (nSPS) is 17.2. The molecule has 0 fully saturated rings. The van der Waals surface area contributed by atoms with Crippen LogP contribution in [0.2, 0.25) is 0 Å². The number of hydrogen-bond donors (Lipinski definition) is 2.